The Labute approximate surface area is 205 Å². The van der Waals surface area contributed by atoms with Gasteiger partial charge in [0.2, 0.25) is 5.56 Å². The van der Waals surface area contributed by atoms with Crippen LogP contribution in [-0.4, -0.2) is 27.7 Å². The number of benzene rings is 3. The Morgan fingerprint density at radius 3 is 2.63 bits per heavy atom. The summed E-state index contributed by atoms with van der Waals surface area (Å²) in [6.45, 7) is 1.89. The number of hydrogen-bond donors (Lipinski definition) is 3. The zero-order valence-corrected chi connectivity index (χ0v) is 19.7. The first kappa shape index (κ1) is 22.5. The van der Waals surface area contributed by atoms with Crippen LogP contribution in [0.2, 0.25) is 0 Å². The summed E-state index contributed by atoms with van der Waals surface area (Å²) in [6.07, 6.45) is 1.69. The molecule has 0 saturated carbocycles. The average molecular weight is 483 g/mol. The minimum absolute atomic E-state index is 0.166. The predicted octanol–water partition coefficient (Wildman–Crippen LogP) is 4.35. The maximum atomic E-state index is 13.1. The van der Waals surface area contributed by atoms with Crippen molar-refractivity contribution < 1.29 is 9.59 Å². The monoisotopic (exact) mass is 482 g/mol. The maximum Gasteiger partial charge on any atom is 0.252 e. The van der Waals surface area contributed by atoms with Crippen LogP contribution in [0.4, 0.5) is 0 Å². The fourth-order valence-electron chi connectivity index (χ4n) is 4.11. The molecule has 5 aromatic rings. The number of carbonyl (C=O) groups is 2. The van der Waals surface area contributed by atoms with E-state index in [1.165, 1.54) is 17.6 Å². The summed E-state index contributed by atoms with van der Waals surface area (Å²) in [5.74, 6) is -0.640. The third kappa shape index (κ3) is 4.83. The van der Waals surface area contributed by atoms with Crippen LogP contribution in [0.25, 0.3) is 20.9 Å². The molecule has 0 bridgehead atoms. The molecular weight excluding hydrogens is 460 g/mol. The van der Waals surface area contributed by atoms with Crippen molar-refractivity contribution in [1.29, 1.82) is 0 Å². The smallest absolute Gasteiger partial charge is 0.252 e. The van der Waals surface area contributed by atoms with Crippen molar-refractivity contribution in [1.82, 2.24) is 20.0 Å². The normalized spacial score (nSPS) is 11.9. The lowest BCUT2D eigenvalue weighted by Gasteiger charge is -2.21. The van der Waals surface area contributed by atoms with Gasteiger partial charge in [0.25, 0.3) is 11.8 Å². The van der Waals surface area contributed by atoms with Gasteiger partial charge in [-0.1, -0.05) is 42.5 Å². The minimum Gasteiger partial charge on any atom is -0.350 e. The summed E-state index contributed by atoms with van der Waals surface area (Å²) < 4.78 is 5.11. The number of H-pyrrole nitrogens is 1. The molecule has 8 heteroatoms. The molecule has 2 aromatic heterocycles. The van der Waals surface area contributed by atoms with Crippen molar-refractivity contribution in [2.24, 2.45) is 0 Å². The number of fused-ring (bicyclic) bond motifs is 2. The molecule has 2 amide bonds. The molecule has 1 atom stereocenters. The van der Waals surface area contributed by atoms with Crippen LogP contribution in [0.1, 0.15) is 38.0 Å². The van der Waals surface area contributed by atoms with E-state index < -0.39 is 11.9 Å². The van der Waals surface area contributed by atoms with Crippen molar-refractivity contribution in [3.05, 3.63) is 112 Å². The first-order chi connectivity index (χ1) is 17.0. The van der Waals surface area contributed by atoms with Gasteiger partial charge in [0, 0.05) is 41.0 Å². The van der Waals surface area contributed by atoms with Gasteiger partial charge in [-0.3, -0.25) is 14.4 Å². The van der Waals surface area contributed by atoms with E-state index in [1.807, 2.05) is 54.6 Å². The van der Waals surface area contributed by atoms with Crippen LogP contribution in [-0.2, 0) is 0 Å². The molecule has 3 N–H and O–H groups in total. The van der Waals surface area contributed by atoms with E-state index in [-0.39, 0.29) is 23.6 Å². The van der Waals surface area contributed by atoms with E-state index in [4.69, 9.17) is 0 Å². The lowest BCUT2D eigenvalue weighted by atomic mass is 10.0. The number of aryl methyl sites for hydroxylation is 1. The van der Waals surface area contributed by atoms with E-state index >= 15 is 0 Å². The van der Waals surface area contributed by atoms with E-state index in [2.05, 4.69) is 20.0 Å². The quantitative estimate of drug-likeness (QED) is 0.335. The highest BCUT2D eigenvalue weighted by atomic mass is 32.1. The van der Waals surface area contributed by atoms with Crippen molar-refractivity contribution in [3.63, 3.8) is 0 Å². The largest absolute Gasteiger partial charge is 0.350 e. The molecule has 174 valence electrons. The highest BCUT2D eigenvalue weighted by Crippen LogP contribution is 2.23. The third-order valence-corrected chi connectivity index (χ3v) is 6.60. The Bertz CT molecular complexity index is 1620. The van der Waals surface area contributed by atoms with Gasteiger partial charge >= 0.3 is 0 Å². The van der Waals surface area contributed by atoms with Gasteiger partial charge in [0.1, 0.15) is 0 Å². The Morgan fingerprint density at radius 2 is 1.80 bits per heavy atom. The third-order valence-electron chi connectivity index (χ3n) is 5.83. The number of pyridine rings is 1. The summed E-state index contributed by atoms with van der Waals surface area (Å²) in [4.78, 5) is 40.6. The predicted molar refractivity (Wildman–Crippen MR) is 138 cm³/mol. The van der Waals surface area contributed by atoms with Gasteiger partial charge in [0.05, 0.1) is 10.7 Å². The van der Waals surface area contributed by atoms with Crippen LogP contribution in [0.3, 0.4) is 0 Å². The number of aromatic nitrogens is 2. The number of rotatable bonds is 6. The molecule has 0 fully saturated rings. The van der Waals surface area contributed by atoms with Crippen LogP contribution >= 0.6 is 11.5 Å². The first-order valence-electron chi connectivity index (χ1n) is 11.1. The topological polar surface area (TPSA) is 104 Å². The zero-order valence-electron chi connectivity index (χ0n) is 18.9. The Hall–Kier alpha value is -4.30. The molecule has 7 nitrogen and oxygen atoms in total. The van der Waals surface area contributed by atoms with E-state index in [9.17, 15) is 14.4 Å². The fourth-order valence-corrected chi connectivity index (χ4v) is 4.78. The van der Waals surface area contributed by atoms with Crippen molar-refractivity contribution in [2.75, 3.05) is 6.54 Å². The molecule has 0 aliphatic carbocycles. The van der Waals surface area contributed by atoms with Crippen molar-refractivity contribution in [3.8, 4) is 0 Å². The van der Waals surface area contributed by atoms with Crippen LogP contribution in [0, 0.1) is 6.92 Å². The molecule has 35 heavy (non-hydrogen) atoms. The zero-order chi connectivity index (χ0) is 24.4. The van der Waals surface area contributed by atoms with Gasteiger partial charge < -0.3 is 15.6 Å². The number of nitrogens with one attached hydrogen (secondary N) is 3. The van der Waals surface area contributed by atoms with Gasteiger partial charge in [-0.25, -0.2) is 0 Å². The maximum absolute atomic E-state index is 13.1. The van der Waals surface area contributed by atoms with Crippen LogP contribution in [0.15, 0.2) is 83.8 Å². The molecule has 0 aliphatic rings. The number of hydrogen-bond acceptors (Lipinski definition) is 5. The molecule has 1 unspecified atom stereocenters. The van der Waals surface area contributed by atoms with Crippen molar-refractivity contribution in [2.45, 2.75) is 13.0 Å². The second-order valence-corrected chi connectivity index (χ2v) is 9.14. The Balaban J connectivity index is 1.44. The molecule has 0 aliphatic heterocycles. The first-order valence-corrected chi connectivity index (χ1v) is 11.9. The number of aromatic amines is 1. The van der Waals surface area contributed by atoms with E-state index in [0.29, 0.717) is 11.3 Å². The standard InChI is InChI=1S/C27H22N4O3S/c1-16-11-20(13-25(32)30-16)26(33)31-23(19-10-9-17-5-2-3-6-18(17)12-19)15-28-27(34)21-7-4-8-24-22(21)14-29-35-24/h2-14,23H,15H2,1H3,(H,28,34)(H,30,32)(H,31,33). The second-order valence-electron chi connectivity index (χ2n) is 8.30. The van der Waals surface area contributed by atoms with Crippen LogP contribution < -0.4 is 16.2 Å². The van der Waals surface area contributed by atoms with E-state index in [1.54, 1.807) is 25.3 Å². The molecule has 2 heterocycles. The summed E-state index contributed by atoms with van der Waals surface area (Å²) in [7, 11) is 0. The molecule has 0 saturated heterocycles. The summed E-state index contributed by atoms with van der Waals surface area (Å²) in [5.41, 5.74) is 1.88. The molecule has 0 radical (unpaired) electrons. The minimum atomic E-state index is -0.518. The van der Waals surface area contributed by atoms with Crippen LogP contribution in [0.5, 0.6) is 0 Å². The highest BCUT2D eigenvalue weighted by Gasteiger charge is 2.19. The van der Waals surface area contributed by atoms with E-state index in [0.717, 1.165) is 26.4 Å². The lowest BCUT2D eigenvalue weighted by molar-refractivity contribution is 0.0909. The SMILES string of the molecule is Cc1cc(C(=O)NC(CNC(=O)c2cccc3sncc23)c2ccc3ccccc3c2)cc(=O)[nH]1. The number of nitrogens with zero attached hydrogens (tertiary/aromatic N) is 1. The lowest BCUT2D eigenvalue weighted by Crippen LogP contribution is -2.38. The average Bonchev–Trinajstić information content (AvgIpc) is 3.34. The number of amides is 2. The van der Waals surface area contributed by atoms with Gasteiger partial charge in [-0.15, -0.1) is 0 Å². The van der Waals surface area contributed by atoms with Gasteiger partial charge in [-0.2, -0.15) is 4.37 Å². The second kappa shape index (κ2) is 9.52. The van der Waals surface area contributed by atoms with Crippen molar-refractivity contribution >= 4 is 44.2 Å². The Morgan fingerprint density at radius 1 is 0.971 bits per heavy atom. The molecule has 0 spiro atoms. The summed E-state index contributed by atoms with van der Waals surface area (Å²) >= 11 is 1.33. The molecule has 3 aromatic carbocycles. The highest BCUT2D eigenvalue weighted by molar-refractivity contribution is 7.13. The van der Waals surface area contributed by atoms with Gasteiger partial charge in [-0.05, 0) is 59.1 Å². The number of carbonyl (C=O) groups excluding carboxylic acids is 2. The molecule has 5 rings (SSSR count). The summed E-state index contributed by atoms with van der Waals surface area (Å²) in [5, 5.41) is 8.85. The Kier molecular flexibility index (Phi) is 6.12. The summed E-state index contributed by atoms with van der Waals surface area (Å²) in [6, 6.07) is 21.7. The molecular formula is C27H22N4O3S. The fraction of sp³-hybridized carbons (Fsp3) is 0.111. The van der Waals surface area contributed by atoms with Gasteiger partial charge in [0.15, 0.2) is 0 Å².